The van der Waals surface area contributed by atoms with Crippen molar-refractivity contribution in [2.45, 2.75) is 25.9 Å². The SMILES string of the molecule is C[C@@H](Oc1ccc(Cl)cc1Cl)C(=O)OCC(=O)N1CCCc2ccccc21. The number of nitrogens with zero attached hydrogens (tertiary/aromatic N) is 1. The lowest BCUT2D eigenvalue weighted by Gasteiger charge is -2.29. The van der Waals surface area contributed by atoms with Crippen molar-refractivity contribution in [3.8, 4) is 5.75 Å². The molecule has 27 heavy (non-hydrogen) atoms. The molecule has 1 heterocycles. The fourth-order valence-electron chi connectivity index (χ4n) is 2.93. The average molecular weight is 408 g/mol. The molecule has 0 unspecified atom stereocenters. The van der Waals surface area contributed by atoms with Gasteiger partial charge in [0.2, 0.25) is 0 Å². The molecule has 142 valence electrons. The van der Waals surface area contributed by atoms with Gasteiger partial charge in [0.1, 0.15) is 5.75 Å². The zero-order valence-corrected chi connectivity index (χ0v) is 16.3. The van der Waals surface area contributed by atoms with Crippen LogP contribution in [-0.4, -0.2) is 31.1 Å². The summed E-state index contributed by atoms with van der Waals surface area (Å²) in [4.78, 5) is 26.3. The molecule has 2 aromatic carbocycles. The van der Waals surface area contributed by atoms with Crippen LogP contribution in [0.15, 0.2) is 42.5 Å². The molecule has 0 aromatic heterocycles. The van der Waals surface area contributed by atoms with Crippen LogP contribution in [0.3, 0.4) is 0 Å². The van der Waals surface area contributed by atoms with Crippen LogP contribution in [0, 0.1) is 0 Å². The summed E-state index contributed by atoms with van der Waals surface area (Å²) in [5.41, 5.74) is 2.00. The second-order valence-electron chi connectivity index (χ2n) is 6.22. The Bertz CT molecular complexity index is 856. The third-order valence-electron chi connectivity index (χ3n) is 4.28. The predicted molar refractivity (Wildman–Crippen MR) is 105 cm³/mol. The summed E-state index contributed by atoms with van der Waals surface area (Å²) in [6, 6.07) is 12.5. The van der Waals surface area contributed by atoms with Gasteiger partial charge in [-0.3, -0.25) is 4.79 Å². The van der Waals surface area contributed by atoms with E-state index in [1.54, 1.807) is 17.0 Å². The van der Waals surface area contributed by atoms with E-state index in [1.807, 2.05) is 24.3 Å². The Hall–Kier alpha value is -2.24. The standard InChI is InChI=1S/C20H19Cl2NO4/c1-13(27-18-9-8-15(21)11-16(18)22)20(25)26-12-19(24)23-10-4-6-14-5-2-3-7-17(14)23/h2-3,5,7-9,11,13H,4,6,10,12H2,1H3/t13-/m1/s1. The van der Waals surface area contributed by atoms with Crippen LogP contribution in [0.2, 0.25) is 10.0 Å². The molecule has 0 bridgehead atoms. The van der Waals surface area contributed by atoms with Gasteiger partial charge in [-0.25, -0.2) is 4.79 Å². The molecule has 0 radical (unpaired) electrons. The highest BCUT2D eigenvalue weighted by Crippen LogP contribution is 2.29. The Morgan fingerprint density at radius 2 is 1.96 bits per heavy atom. The van der Waals surface area contributed by atoms with Gasteiger partial charge in [-0.15, -0.1) is 0 Å². The van der Waals surface area contributed by atoms with Crippen molar-refractivity contribution in [2.75, 3.05) is 18.1 Å². The first-order valence-corrected chi connectivity index (χ1v) is 9.38. The maximum Gasteiger partial charge on any atom is 0.347 e. The highest BCUT2D eigenvalue weighted by atomic mass is 35.5. The first-order chi connectivity index (χ1) is 13.0. The van der Waals surface area contributed by atoms with Crippen molar-refractivity contribution < 1.29 is 19.1 Å². The molecule has 0 saturated heterocycles. The lowest BCUT2D eigenvalue weighted by atomic mass is 10.0. The number of amides is 1. The minimum atomic E-state index is -0.912. The molecular formula is C20H19Cl2NO4. The number of rotatable bonds is 5. The predicted octanol–water partition coefficient (Wildman–Crippen LogP) is 4.28. The minimum absolute atomic E-state index is 0.257. The average Bonchev–Trinajstić information content (AvgIpc) is 2.67. The number of para-hydroxylation sites is 1. The van der Waals surface area contributed by atoms with E-state index in [9.17, 15) is 9.59 Å². The smallest absolute Gasteiger partial charge is 0.347 e. The molecule has 1 aliphatic rings. The van der Waals surface area contributed by atoms with Crippen LogP contribution < -0.4 is 9.64 Å². The second-order valence-corrected chi connectivity index (χ2v) is 7.06. The Labute approximate surface area is 167 Å². The molecule has 0 saturated carbocycles. The maximum atomic E-state index is 12.5. The number of aryl methyl sites for hydroxylation is 1. The summed E-state index contributed by atoms with van der Waals surface area (Å²) in [7, 11) is 0. The van der Waals surface area contributed by atoms with E-state index in [1.165, 1.54) is 13.0 Å². The van der Waals surface area contributed by atoms with E-state index >= 15 is 0 Å². The van der Waals surface area contributed by atoms with Crippen LogP contribution in [0.1, 0.15) is 18.9 Å². The number of carbonyl (C=O) groups excluding carboxylic acids is 2. The van der Waals surface area contributed by atoms with Crippen LogP contribution in [0.5, 0.6) is 5.75 Å². The van der Waals surface area contributed by atoms with Gasteiger partial charge in [0.25, 0.3) is 5.91 Å². The van der Waals surface area contributed by atoms with Crippen LogP contribution >= 0.6 is 23.2 Å². The monoisotopic (exact) mass is 407 g/mol. The number of carbonyl (C=O) groups is 2. The van der Waals surface area contributed by atoms with Gasteiger partial charge in [-0.1, -0.05) is 41.4 Å². The largest absolute Gasteiger partial charge is 0.477 e. The lowest BCUT2D eigenvalue weighted by Crippen LogP contribution is -2.39. The van der Waals surface area contributed by atoms with Gasteiger partial charge in [0, 0.05) is 17.3 Å². The maximum absolute atomic E-state index is 12.5. The van der Waals surface area contributed by atoms with Crippen molar-refractivity contribution >= 4 is 40.8 Å². The van der Waals surface area contributed by atoms with Crippen LogP contribution in [0.25, 0.3) is 0 Å². The third-order valence-corrected chi connectivity index (χ3v) is 4.81. The highest BCUT2D eigenvalue weighted by molar-refractivity contribution is 6.35. The van der Waals surface area contributed by atoms with Gasteiger partial charge in [0.15, 0.2) is 12.7 Å². The van der Waals surface area contributed by atoms with Crippen LogP contribution in [-0.2, 0) is 20.7 Å². The summed E-state index contributed by atoms with van der Waals surface area (Å²) in [6.07, 6.45) is 0.905. The molecule has 0 aliphatic carbocycles. The second kappa shape index (κ2) is 8.63. The normalized spacial score (nSPS) is 14.3. The minimum Gasteiger partial charge on any atom is -0.477 e. The van der Waals surface area contributed by atoms with Gasteiger partial charge in [0.05, 0.1) is 5.02 Å². The number of hydrogen-bond donors (Lipinski definition) is 0. The Balaban J connectivity index is 1.56. The zero-order chi connectivity index (χ0) is 19.4. The fraction of sp³-hybridized carbons (Fsp3) is 0.300. The van der Waals surface area contributed by atoms with E-state index < -0.39 is 12.1 Å². The van der Waals surface area contributed by atoms with Crippen molar-refractivity contribution in [3.63, 3.8) is 0 Å². The topological polar surface area (TPSA) is 55.8 Å². The van der Waals surface area contributed by atoms with E-state index in [-0.39, 0.29) is 12.5 Å². The summed E-state index contributed by atoms with van der Waals surface area (Å²) in [6.45, 7) is 1.81. The Morgan fingerprint density at radius 1 is 1.19 bits per heavy atom. The first kappa shape index (κ1) is 19.5. The number of esters is 1. The molecule has 2 aromatic rings. The van der Waals surface area contributed by atoms with E-state index in [2.05, 4.69) is 0 Å². The number of anilines is 1. The molecule has 1 aliphatic heterocycles. The Morgan fingerprint density at radius 3 is 2.74 bits per heavy atom. The molecule has 1 amide bonds. The summed E-state index contributed by atoms with van der Waals surface area (Å²) < 4.78 is 10.7. The number of fused-ring (bicyclic) bond motifs is 1. The molecule has 7 heteroatoms. The highest BCUT2D eigenvalue weighted by Gasteiger charge is 2.25. The number of benzene rings is 2. The number of halogens is 2. The van der Waals surface area contributed by atoms with E-state index in [0.29, 0.717) is 22.3 Å². The molecule has 5 nitrogen and oxygen atoms in total. The first-order valence-electron chi connectivity index (χ1n) is 8.62. The van der Waals surface area contributed by atoms with Gasteiger partial charge >= 0.3 is 5.97 Å². The zero-order valence-electron chi connectivity index (χ0n) is 14.8. The van der Waals surface area contributed by atoms with Gasteiger partial charge < -0.3 is 14.4 Å². The van der Waals surface area contributed by atoms with Gasteiger partial charge in [-0.2, -0.15) is 0 Å². The summed E-state index contributed by atoms with van der Waals surface area (Å²) in [5, 5.41) is 0.762. The number of ether oxygens (including phenoxy) is 2. The van der Waals surface area contributed by atoms with E-state index in [0.717, 1.165) is 24.1 Å². The summed E-state index contributed by atoms with van der Waals surface area (Å²) in [5.74, 6) is -0.575. The van der Waals surface area contributed by atoms with Crippen molar-refractivity contribution in [1.82, 2.24) is 0 Å². The molecule has 3 rings (SSSR count). The quantitative estimate of drug-likeness (QED) is 0.693. The molecular weight excluding hydrogens is 389 g/mol. The molecule has 0 spiro atoms. The van der Waals surface area contributed by atoms with Gasteiger partial charge in [-0.05, 0) is 49.6 Å². The van der Waals surface area contributed by atoms with E-state index in [4.69, 9.17) is 32.7 Å². The third kappa shape index (κ3) is 4.73. The summed E-state index contributed by atoms with van der Waals surface area (Å²) >= 11 is 11.9. The van der Waals surface area contributed by atoms with Crippen molar-refractivity contribution in [3.05, 3.63) is 58.1 Å². The Kier molecular flexibility index (Phi) is 6.24. The molecule has 0 N–H and O–H groups in total. The van der Waals surface area contributed by atoms with Crippen molar-refractivity contribution in [1.29, 1.82) is 0 Å². The lowest BCUT2D eigenvalue weighted by molar-refractivity contribution is -0.154. The molecule has 1 atom stereocenters. The number of hydrogen-bond acceptors (Lipinski definition) is 4. The van der Waals surface area contributed by atoms with Crippen LogP contribution in [0.4, 0.5) is 5.69 Å². The fourth-order valence-corrected chi connectivity index (χ4v) is 3.38. The van der Waals surface area contributed by atoms with Crippen molar-refractivity contribution in [2.24, 2.45) is 0 Å². The molecule has 0 fully saturated rings.